The summed E-state index contributed by atoms with van der Waals surface area (Å²) in [5.41, 5.74) is 1.76. The molecule has 0 spiro atoms. The quantitative estimate of drug-likeness (QED) is 0.745. The minimum atomic E-state index is -0.372. The fourth-order valence-electron chi connectivity index (χ4n) is 3.48. The third kappa shape index (κ3) is 3.77. The summed E-state index contributed by atoms with van der Waals surface area (Å²) in [6.45, 7) is 1.21. The molecule has 142 valence electrons. The van der Waals surface area contributed by atoms with Gasteiger partial charge in [-0.1, -0.05) is 6.07 Å². The maximum absolute atomic E-state index is 13.0. The summed E-state index contributed by atoms with van der Waals surface area (Å²) in [5.74, 6) is -0.198. The van der Waals surface area contributed by atoms with E-state index in [4.69, 9.17) is 4.74 Å². The van der Waals surface area contributed by atoms with E-state index in [0.717, 1.165) is 31.2 Å². The molecular formula is C19H20N2O4S2. The summed E-state index contributed by atoms with van der Waals surface area (Å²) in [6, 6.07) is 3.69. The molecule has 6 nitrogen and oxygen atoms in total. The minimum absolute atomic E-state index is 0.0113. The smallest absolute Gasteiger partial charge is 0.409 e. The summed E-state index contributed by atoms with van der Waals surface area (Å²) < 4.78 is 4.88. The average Bonchev–Trinajstić information content (AvgIpc) is 3.39. The number of carbonyl (C=O) groups is 3. The molecule has 0 unspecified atom stereocenters. The third-order valence-electron chi connectivity index (χ3n) is 4.85. The van der Waals surface area contributed by atoms with Gasteiger partial charge in [0.15, 0.2) is 0 Å². The van der Waals surface area contributed by atoms with E-state index in [1.54, 1.807) is 0 Å². The van der Waals surface area contributed by atoms with Gasteiger partial charge in [0, 0.05) is 17.8 Å². The van der Waals surface area contributed by atoms with E-state index >= 15 is 0 Å². The van der Waals surface area contributed by atoms with Crippen molar-refractivity contribution in [1.29, 1.82) is 0 Å². The average molecular weight is 405 g/mol. The predicted octanol–water partition coefficient (Wildman–Crippen LogP) is 3.70. The number of amides is 2. The SMILES string of the molecule is O=C(CCN1CCOC1=O)Nc1sc2c(c1C(=O)c1cccs1)CCCC2. The van der Waals surface area contributed by atoms with E-state index < -0.39 is 0 Å². The first-order valence-corrected chi connectivity index (χ1v) is 10.8. The highest BCUT2D eigenvalue weighted by Gasteiger charge is 2.28. The monoisotopic (exact) mass is 404 g/mol. The van der Waals surface area contributed by atoms with Crippen LogP contribution in [0.2, 0.25) is 0 Å². The number of fused-ring (bicyclic) bond motifs is 1. The number of cyclic esters (lactones) is 1. The lowest BCUT2D eigenvalue weighted by Gasteiger charge is -2.13. The molecule has 8 heteroatoms. The van der Waals surface area contributed by atoms with Crippen LogP contribution >= 0.6 is 22.7 Å². The molecule has 2 aliphatic rings. The molecule has 4 rings (SSSR count). The largest absolute Gasteiger partial charge is 0.448 e. The van der Waals surface area contributed by atoms with Crippen LogP contribution in [0.1, 0.15) is 44.9 Å². The topological polar surface area (TPSA) is 75.7 Å². The van der Waals surface area contributed by atoms with E-state index in [0.29, 0.717) is 35.1 Å². The van der Waals surface area contributed by atoms with Gasteiger partial charge in [0.05, 0.1) is 17.0 Å². The van der Waals surface area contributed by atoms with Crippen LogP contribution in [0.25, 0.3) is 0 Å². The van der Waals surface area contributed by atoms with E-state index in [1.165, 1.54) is 32.5 Å². The first-order chi connectivity index (χ1) is 13.1. The summed E-state index contributed by atoms with van der Waals surface area (Å²) >= 11 is 2.94. The van der Waals surface area contributed by atoms with Crippen LogP contribution in [-0.4, -0.2) is 42.4 Å². The molecule has 2 aromatic heterocycles. The number of aryl methyl sites for hydroxylation is 1. The first-order valence-electron chi connectivity index (χ1n) is 9.08. The molecule has 0 radical (unpaired) electrons. The lowest BCUT2D eigenvalue weighted by Crippen LogP contribution is -2.28. The minimum Gasteiger partial charge on any atom is -0.448 e. The van der Waals surface area contributed by atoms with Gasteiger partial charge in [0.2, 0.25) is 11.7 Å². The molecule has 0 saturated carbocycles. The summed E-state index contributed by atoms with van der Waals surface area (Å²) in [4.78, 5) is 40.4. The summed E-state index contributed by atoms with van der Waals surface area (Å²) in [5, 5.41) is 5.47. The maximum Gasteiger partial charge on any atom is 0.409 e. The van der Waals surface area contributed by atoms with Crippen molar-refractivity contribution >= 4 is 45.5 Å². The zero-order valence-electron chi connectivity index (χ0n) is 14.8. The Bertz CT molecular complexity index is 873. The number of thiophene rings is 2. The number of nitrogens with one attached hydrogen (secondary N) is 1. The Morgan fingerprint density at radius 2 is 2.11 bits per heavy atom. The molecule has 3 heterocycles. The van der Waals surface area contributed by atoms with Crippen LogP contribution in [0.5, 0.6) is 0 Å². The summed E-state index contributed by atoms with van der Waals surface area (Å²) in [6.07, 6.45) is 3.84. The van der Waals surface area contributed by atoms with Gasteiger partial charge in [-0.25, -0.2) is 4.79 Å². The van der Waals surface area contributed by atoms with Crippen molar-refractivity contribution in [2.24, 2.45) is 0 Å². The third-order valence-corrected chi connectivity index (χ3v) is 6.93. The van der Waals surface area contributed by atoms with Crippen LogP contribution in [0, 0.1) is 0 Å². The number of ketones is 1. The maximum atomic E-state index is 13.0. The van der Waals surface area contributed by atoms with Crippen LogP contribution in [0.15, 0.2) is 17.5 Å². The van der Waals surface area contributed by atoms with Gasteiger partial charge < -0.3 is 15.0 Å². The first kappa shape index (κ1) is 18.2. The normalized spacial score (nSPS) is 16.1. The molecule has 27 heavy (non-hydrogen) atoms. The van der Waals surface area contributed by atoms with Gasteiger partial charge in [-0.2, -0.15) is 0 Å². The fourth-order valence-corrected chi connectivity index (χ4v) is 5.45. The molecule has 1 saturated heterocycles. The van der Waals surface area contributed by atoms with E-state index in [9.17, 15) is 14.4 Å². The lowest BCUT2D eigenvalue weighted by molar-refractivity contribution is -0.116. The van der Waals surface area contributed by atoms with Gasteiger partial charge in [-0.3, -0.25) is 9.59 Å². The van der Waals surface area contributed by atoms with Crippen LogP contribution in [0.4, 0.5) is 9.80 Å². The second kappa shape index (κ2) is 7.82. The predicted molar refractivity (Wildman–Crippen MR) is 105 cm³/mol. The van der Waals surface area contributed by atoms with Crippen LogP contribution in [-0.2, 0) is 22.4 Å². The number of hydrogen-bond acceptors (Lipinski definition) is 6. The number of anilines is 1. The highest BCUT2D eigenvalue weighted by Crippen LogP contribution is 2.39. The van der Waals surface area contributed by atoms with Gasteiger partial charge in [-0.05, 0) is 42.7 Å². The summed E-state index contributed by atoms with van der Waals surface area (Å²) in [7, 11) is 0. The van der Waals surface area contributed by atoms with Crippen molar-refractivity contribution < 1.29 is 19.1 Å². The molecule has 0 bridgehead atoms. The Hall–Kier alpha value is -2.19. The number of carbonyl (C=O) groups excluding carboxylic acids is 3. The van der Waals surface area contributed by atoms with Gasteiger partial charge in [-0.15, -0.1) is 22.7 Å². The highest BCUT2D eigenvalue weighted by molar-refractivity contribution is 7.17. The number of nitrogens with zero attached hydrogens (tertiary/aromatic N) is 1. The van der Waals surface area contributed by atoms with Gasteiger partial charge in [0.1, 0.15) is 11.6 Å². The second-order valence-electron chi connectivity index (χ2n) is 6.62. The van der Waals surface area contributed by atoms with Crippen molar-refractivity contribution in [3.8, 4) is 0 Å². The number of hydrogen-bond donors (Lipinski definition) is 1. The molecule has 1 fully saturated rings. The van der Waals surface area contributed by atoms with Gasteiger partial charge >= 0.3 is 6.09 Å². The molecule has 2 aromatic rings. The zero-order valence-corrected chi connectivity index (χ0v) is 16.4. The Morgan fingerprint density at radius 3 is 2.85 bits per heavy atom. The van der Waals surface area contributed by atoms with Crippen LogP contribution in [0.3, 0.4) is 0 Å². The van der Waals surface area contributed by atoms with Crippen molar-refractivity contribution in [3.63, 3.8) is 0 Å². The zero-order chi connectivity index (χ0) is 18.8. The standard InChI is InChI=1S/C19H20N2O4S2/c22-15(7-8-21-9-10-25-19(21)24)20-18-16(17(23)14-6-3-11-26-14)12-4-1-2-5-13(12)27-18/h3,6,11H,1-2,4-5,7-10H2,(H,20,22). The molecular weight excluding hydrogens is 384 g/mol. The Balaban J connectivity index is 1.53. The molecule has 1 aliphatic heterocycles. The molecule has 0 aromatic carbocycles. The van der Waals surface area contributed by atoms with Crippen molar-refractivity contribution in [2.75, 3.05) is 25.0 Å². The molecule has 1 N–H and O–H groups in total. The van der Waals surface area contributed by atoms with E-state index in [-0.39, 0.29) is 24.2 Å². The van der Waals surface area contributed by atoms with E-state index in [1.807, 2.05) is 17.5 Å². The Labute approximate surface area is 165 Å². The fraction of sp³-hybridized carbons (Fsp3) is 0.421. The van der Waals surface area contributed by atoms with Gasteiger partial charge in [0.25, 0.3) is 0 Å². The van der Waals surface area contributed by atoms with Crippen molar-refractivity contribution in [1.82, 2.24) is 4.90 Å². The molecule has 0 atom stereocenters. The van der Waals surface area contributed by atoms with Crippen molar-refractivity contribution in [3.05, 3.63) is 38.4 Å². The molecule has 2 amide bonds. The number of rotatable bonds is 6. The second-order valence-corrected chi connectivity index (χ2v) is 8.67. The van der Waals surface area contributed by atoms with E-state index in [2.05, 4.69) is 5.32 Å². The van der Waals surface area contributed by atoms with Crippen LogP contribution < -0.4 is 5.32 Å². The molecule has 1 aliphatic carbocycles. The van der Waals surface area contributed by atoms with Crippen molar-refractivity contribution in [2.45, 2.75) is 32.1 Å². The highest BCUT2D eigenvalue weighted by atomic mass is 32.1. The Morgan fingerprint density at radius 1 is 1.26 bits per heavy atom. The Kier molecular flexibility index (Phi) is 5.27. The lowest BCUT2D eigenvalue weighted by atomic mass is 9.93. The number of ether oxygens (including phenoxy) is 1.